The summed E-state index contributed by atoms with van der Waals surface area (Å²) < 4.78 is 22.3. The van der Waals surface area contributed by atoms with Crippen LogP contribution in [0.1, 0.15) is 0 Å². The average Bonchev–Trinajstić information content (AvgIpc) is 2.74. The van der Waals surface area contributed by atoms with Crippen molar-refractivity contribution in [2.24, 2.45) is 5.14 Å². The molecule has 1 aliphatic heterocycles. The SMILES string of the molecule is NS(=O)(=O)c1cc([N+](=O)[O-])c(N2CCNCC2)s1. The second-order valence-corrected chi connectivity index (χ2v) is 6.61. The number of nitrogens with one attached hydrogen (secondary N) is 1. The van der Waals surface area contributed by atoms with Crippen LogP contribution in [0.3, 0.4) is 0 Å². The van der Waals surface area contributed by atoms with E-state index in [1.807, 2.05) is 0 Å². The number of piperazine rings is 1. The highest BCUT2D eigenvalue weighted by molar-refractivity contribution is 7.91. The van der Waals surface area contributed by atoms with E-state index in [9.17, 15) is 18.5 Å². The molecule has 2 heterocycles. The van der Waals surface area contributed by atoms with E-state index in [-0.39, 0.29) is 9.90 Å². The van der Waals surface area contributed by atoms with Gasteiger partial charge < -0.3 is 10.2 Å². The number of nitrogens with zero attached hydrogens (tertiary/aromatic N) is 2. The van der Waals surface area contributed by atoms with Crippen LogP contribution >= 0.6 is 11.3 Å². The van der Waals surface area contributed by atoms with E-state index in [4.69, 9.17) is 5.14 Å². The van der Waals surface area contributed by atoms with Gasteiger partial charge in [-0.3, -0.25) is 10.1 Å². The van der Waals surface area contributed by atoms with Gasteiger partial charge in [0, 0.05) is 32.2 Å². The molecule has 1 aromatic heterocycles. The first-order valence-corrected chi connectivity index (χ1v) is 7.52. The Morgan fingerprint density at radius 2 is 2.06 bits per heavy atom. The molecule has 1 aliphatic rings. The van der Waals surface area contributed by atoms with Crippen molar-refractivity contribution in [3.05, 3.63) is 16.2 Å². The van der Waals surface area contributed by atoms with Gasteiger partial charge in [-0.05, 0) is 0 Å². The number of thiophene rings is 1. The number of anilines is 1. The lowest BCUT2D eigenvalue weighted by Crippen LogP contribution is -2.43. The fourth-order valence-electron chi connectivity index (χ4n) is 1.72. The van der Waals surface area contributed by atoms with E-state index in [2.05, 4.69) is 5.32 Å². The highest BCUT2D eigenvalue weighted by Crippen LogP contribution is 2.39. The Hall–Kier alpha value is -1.23. The zero-order valence-electron chi connectivity index (χ0n) is 9.33. The first-order chi connectivity index (χ1) is 8.39. The summed E-state index contributed by atoms with van der Waals surface area (Å²) in [4.78, 5) is 12.2. The summed E-state index contributed by atoms with van der Waals surface area (Å²) >= 11 is 0.845. The third-order valence-corrected chi connectivity index (χ3v) is 5.16. The molecule has 0 bridgehead atoms. The van der Waals surface area contributed by atoms with Crippen molar-refractivity contribution in [1.29, 1.82) is 0 Å². The predicted molar refractivity (Wildman–Crippen MR) is 67.4 cm³/mol. The molecule has 0 saturated carbocycles. The number of nitro groups is 1. The first kappa shape index (κ1) is 13.2. The third kappa shape index (κ3) is 2.61. The number of nitrogens with two attached hydrogens (primary N) is 1. The Bertz CT molecular complexity index is 562. The fourth-order valence-corrected chi connectivity index (χ4v) is 3.60. The predicted octanol–water partition coefficient (Wildman–Crippen LogP) is -0.287. The lowest BCUT2D eigenvalue weighted by molar-refractivity contribution is -0.383. The molecule has 1 saturated heterocycles. The molecule has 100 valence electrons. The van der Waals surface area contributed by atoms with Crippen molar-refractivity contribution in [3.8, 4) is 0 Å². The van der Waals surface area contributed by atoms with Crippen molar-refractivity contribution >= 4 is 32.0 Å². The molecule has 0 aromatic carbocycles. The van der Waals surface area contributed by atoms with Crippen molar-refractivity contribution in [2.75, 3.05) is 31.1 Å². The first-order valence-electron chi connectivity index (χ1n) is 5.16. The molecule has 0 spiro atoms. The maximum atomic E-state index is 11.2. The van der Waals surface area contributed by atoms with Crippen LogP contribution in [0, 0.1) is 10.1 Å². The highest BCUT2D eigenvalue weighted by atomic mass is 32.2. The topological polar surface area (TPSA) is 119 Å². The third-order valence-electron chi connectivity index (χ3n) is 2.55. The number of sulfonamides is 1. The van der Waals surface area contributed by atoms with Gasteiger partial charge in [-0.2, -0.15) is 0 Å². The minimum Gasteiger partial charge on any atom is -0.355 e. The summed E-state index contributed by atoms with van der Waals surface area (Å²) in [6.07, 6.45) is 0. The molecule has 0 atom stereocenters. The molecule has 1 aromatic rings. The van der Waals surface area contributed by atoms with Crippen molar-refractivity contribution in [2.45, 2.75) is 4.21 Å². The fraction of sp³-hybridized carbons (Fsp3) is 0.500. The number of hydrogen-bond acceptors (Lipinski definition) is 7. The molecule has 2 rings (SSSR count). The largest absolute Gasteiger partial charge is 0.355 e. The van der Waals surface area contributed by atoms with Gasteiger partial charge in [-0.1, -0.05) is 11.3 Å². The minimum absolute atomic E-state index is 0.178. The van der Waals surface area contributed by atoms with Crippen LogP contribution in [0.15, 0.2) is 10.3 Å². The molecule has 18 heavy (non-hydrogen) atoms. The van der Waals surface area contributed by atoms with Crippen LogP contribution in [0.4, 0.5) is 10.7 Å². The van der Waals surface area contributed by atoms with Gasteiger partial charge in [-0.15, -0.1) is 0 Å². The lowest BCUT2D eigenvalue weighted by Gasteiger charge is -2.27. The maximum absolute atomic E-state index is 11.2. The molecular formula is C8H12N4O4S2. The van der Waals surface area contributed by atoms with Gasteiger partial charge in [0.2, 0.25) is 10.0 Å². The van der Waals surface area contributed by atoms with Crippen LogP contribution in [0.25, 0.3) is 0 Å². The Balaban J connectivity index is 2.44. The molecule has 1 fully saturated rings. The summed E-state index contributed by atoms with van der Waals surface area (Å²) in [6, 6.07) is 1.03. The van der Waals surface area contributed by atoms with E-state index >= 15 is 0 Å². The van der Waals surface area contributed by atoms with Crippen molar-refractivity contribution < 1.29 is 13.3 Å². The second-order valence-electron chi connectivity index (χ2n) is 3.79. The summed E-state index contributed by atoms with van der Waals surface area (Å²) in [6.45, 7) is 2.62. The Morgan fingerprint density at radius 3 is 2.56 bits per heavy atom. The molecule has 0 aliphatic carbocycles. The molecule has 8 nitrogen and oxygen atoms in total. The summed E-state index contributed by atoms with van der Waals surface area (Å²) in [5.74, 6) is 0. The van der Waals surface area contributed by atoms with Crippen LogP contribution in [0.5, 0.6) is 0 Å². The van der Waals surface area contributed by atoms with E-state index in [1.54, 1.807) is 4.90 Å². The molecule has 10 heteroatoms. The molecule has 0 unspecified atom stereocenters. The molecule has 3 N–H and O–H groups in total. The van der Waals surface area contributed by atoms with Crippen LogP contribution in [-0.4, -0.2) is 39.5 Å². The van der Waals surface area contributed by atoms with Crippen molar-refractivity contribution in [3.63, 3.8) is 0 Å². The zero-order valence-corrected chi connectivity index (χ0v) is 11.0. The van der Waals surface area contributed by atoms with Gasteiger partial charge in [-0.25, -0.2) is 13.6 Å². The zero-order chi connectivity index (χ0) is 13.3. The summed E-state index contributed by atoms with van der Waals surface area (Å²) in [5.41, 5.74) is -0.203. The van der Waals surface area contributed by atoms with Crippen LogP contribution < -0.4 is 15.4 Å². The number of hydrogen-bond donors (Lipinski definition) is 2. The standard InChI is InChI=1S/C8H12N4O4S2/c9-18(15,16)7-5-6(12(13)14)8(17-7)11-3-1-10-2-4-11/h5,10H,1-4H2,(H2,9,15,16). The highest BCUT2D eigenvalue weighted by Gasteiger charge is 2.28. The molecule has 0 amide bonds. The lowest BCUT2D eigenvalue weighted by atomic mass is 10.3. The van der Waals surface area contributed by atoms with E-state index in [0.29, 0.717) is 31.2 Å². The normalized spacial score (nSPS) is 16.8. The monoisotopic (exact) mass is 292 g/mol. The maximum Gasteiger partial charge on any atom is 0.305 e. The average molecular weight is 292 g/mol. The van der Waals surface area contributed by atoms with Crippen LogP contribution in [0.2, 0.25) is 0 Å². The molecular weight excluding hydrogens is 280 g/mol. The number of primary sulfonamides is 1. The summed E-state index contributed by atoms with van der Waals surface area (Å²) in [7, 11) is -3.90. The van der Waals surface area contributed by atoms with E-state index in [0.717, 1.165) is 17.4 Å². The Labute approximate surface area is 108 Å². The summed E-state index contributed by atoms with van der Waals surface area (Å²) in [5, 5.41) is 19.4. The van der Waals surface area contributed by atoms with Gasteiger partial charge in [0.05, 0.1) is 4.92 Å². The smallest absolute Gasteiger partial charge is 0.305 e. The van der Waals surface area contributed by atoms with Gasteiger partial charge in [0.1, 0.15) is 4.21 Å². The molecule has 0 radical (unpaired) electrons. The second kappa shape index (κ2) is 4.80. The van der Waals surface area contributed by atoms with Crippen LogP contribution in [-0.2, 0) is 10.0 Å². The van der Waals surface area contributed by atoms with E-state index < -0.39 is 14.9 Å². The Kier molecular flexibility index (Phi) is 3.52. The minimum atomic E-state index is -3.90. The van der Waals surface area contributed by atoms with Gasteiger partial charge in [0.25, 0.3) is 0 Å². The van der Waals surface area contributed by atoms with Gasteiger partial charge >= 0.3 is 5.69 Å². The van der Waals surface area contributed by atoms with E-state index in [1.165, 1.54) is 0 Å². The quantitative estimate of drug-likeness (QED) is 0.584. The van der Waals surface area contributed by atoms with Gasteiger partial charge in [0.15, 0.2) is 5.00 Å². The number of rotatable bonds is 3. The van der Waals surface area contributed by atoms with Crippen molar-refractivity contribution in [1.82, 2.24) is 5.32 Å². The Morgan fingerprint density at radius 1 is 1.44 bits per heavy atom.